The Bertz CT molecular complexity index is 1540. The molecule has 0 aliphatic rings. The Hall–Kier alpha value is -2.98. The molecule has 0 spiro atoms. The van der Waals surface area contributed by atoms with Crippen LogP contribution in [0.2, 0.25) is 15.1 Å². The molecule has 0 aromatic heterocycles. The average molecular weight is 655 g/mol. The van der Waals surface area contributed by atoms with Crippen molar-refractivity contribution in [1.82, 2.24) is 10.2 Å². The van der Waals surface area contributed by atoms with Crippen LogP contribution in [-0.2, 0) is 26.2 Å². The molecule has 0 fully saturated rings. The van der Waals surface area contributed by atoms with Gasteiger partial charge in [-0.15, -0.1) is 0 Å². The maximum Gasteiger partial charge on any atom is 0.264 e. The largest absolute Gasteiger partial charge is 0.495 e. The molecule has 1 atom stereocenters. The van der Waals surface area contributed by atoms with E-state index in [0.29, 0.717) is 15.6 Å². The van der Waals surface area contributed by atoms with Crippen molar-refractivity contribution in [1.29, 1.82) is 0 Å². The predicted octanol–water partition coefficient (Wildman–Crippen LogP) is 6.49. The van der Waals surface area contributed by atoms with Crippen molar-refractivity contribution in [2.45, 2.75) is 57.6 Å². The summed E-state index contributed by atoms with van der Waals surface area (Å²) >= 11 is 19.1. The van der Waals surface area contributed by atoms with Crippen molar-refractivity contribution >= 4 is 62.3 Å². The molecule has 3 aromatic carbocycles. The van der Waals surface area contributed by atoms with Gasteiger partial charge in [-0.25, -0.2) is 8.42 Å². The van der Waals surface area contributed by atoms with Crippen LogP contribution in [0, 0.1) is 6.92 Å². The molecule has 3 aromatic rings. The zero-order valence-electron chi connectivity index (χ0n) is 24.2. The van der Waals surface area contributed by atoms with Crippen LogP contribution >= 0.6 is 34.8 Å². The van der Waals surface area contributed by atoms with Gasteiger partial charge in [0, 0.05) is 32.7 Å². The van der Waals surface area contributed by atoms with E-state index in [9.17, 15) is 18.0 Å². The molecule has 0 unspecified atom stereocenters. The number of benzene rings is 3. The number of ether oxygens (including phenoxy) is 1. The molecule has 0 saturated heterocycles. The van der Waals surface area contributed by atoms with E-state index in [4.69, 9.17) is 39.5 Å². The Kier molecular flexibility index (Phi) is 10.8. The molecule has 2 amide bonds. The molecule has 0 aliphatic carbocycles. The number of methoxy groups -OCH3 is 1. The van der Waals surface area contributed by atoms with Gasteiger partial charge in [-0.05, 0) is 77.1 Å². The highest BCUT2D eigenvalue weighted by molar-refractivity contribution is 7.92. The third kappa shape index (κ3) is 8.10. The van der Waals surface area contributed by atoms with Crippen LogP contribution in [0.15, 0.2) is 65.6 Å². The Morgan fingerprint density at radius 3 is 2.12 bits per heavy atom. The number of amides is 2. The number of nitrogens with zero attached hydrogens (tertiary/aromatic N) is 2. The summed E-state index contributed by atoms with van der Waals surface area (Å²) in [5.41, 5.74) is 0.745. The SMILES string of the molecule is COc1ccc(Cl)cc1N(CC(=O)N(Cc1c(Cl)cccc1Cl)[C@@H](C)C(=O)NC(C)(C)C)S(=O)(=O)c1ccc(C)cc1. The number of anilines is 1. The molecule has 3 rings (SSSR count). The average Bonchev–Trinajstić information content (AvgIpc) is 2.90. The van der Waals surface area contributed by atoms with Crippen LogP contribution in [0.3, 0.4) is 0 Å². The smallest absolute Gasteiger partial charge is 0.264 e. The van der Waals surface area contributed by atoms with E-state index in [1.165, 1.54) is 36.3 Å². The Balaban J connectivity index is 2.15. The lowest BCUT2D eigenvalue weighted by Crippen LogP contribution is -2.54. The lowest BCUT2D eigenvalue weighted by Gasteiger charge is -2.34. The van der Waals surface area contributed by atoms with E-state index in [2.05, 4.69) is 5.32 Å². The van der Waals surface area contributed by atoms with Gasteiger partial charge < -0.3 is 15.0 Å². The highest BCUT2D eigenvalue weighted by Crippen LogP contribution is 2.35. The zero-order valence-corrected chi connectivity index (χ0v) is 27.3. The highest BCUT2D eigenvalue weighted by Gasteiger charge is 2.35. The maximum absolute atomic E-state index is 14.2. The monoisotopic (exact) mass is 653 g/mol. The van der Waals surface area contributed by atoms with Gasteiger partial charge in [-0.3, -0.25) is 13.9 Å². The Morgan fingerprint density at radius 2 is 1.57 bits per heavy atom. The van der Waals surface area contributed by atoms with E-state index >= 15 is 0 Å². The first kappa shape index (κ1) is 33.5. The minimum atomic E-state index is -4.32. The molecule has 0 heterocycles. The number of rotatable bonds is 10. The molecule has 0 aliphatic heterocycles. The second-order valence-electron chi connectivity index (χ2n) is 10.8. The van der Waals surface area contributed by atoms with Crippen molar-refractivity contribution in [3.8, 4) is 5.75 Å². The van der Waals surface area contributed by atoms with E-state index in [0.717, 1.165) is 9.87 Å². The summed E-state index contributed by atoms with van der Waals surface area (Å²) in [6.45, 7) is 8.01. The number of nitrogens with one attached hydrogen (secondary N) is 1. The van der Waals surface area contributed by atoms with Crippen LogP contribution in [0.25, 0.3) is 0 Å². The van der Waals surface area contributed by atoms with Crippen molar-refractivity contribution in [3.05, 3.63) is 86.9 Å². The van der Waals surface area contributed by atoms with Crippen molar-refractivity contribution in [2.24, 2.45) is 0 Å². The minimum absolute atomic E-state index is 0.0397. The number of aryl methyl sites for hydroxylation is 1. The van der Waals surface area contributed by atoms with Crippen LogP contribution in [0.1, 0.15) is 38.8 Å². The fourth-order valence-corrected chi connectivity index (χ4v) is 6.22. The Morgan fingerprint density at radius 1 is 0.976 bits per heavy atom. The van der Waals surface area contributed by atoms with Gasteiger partial charge in [-0.1, -0.05) is 58.6 Å². The van der Waals surface area contributed by atoms with E-state index < -0.39 is 40.0 Å². The van der Waals surface area contributed by atoms with Gasteiger partial charge in [-0.2, -0.15) is 0 Å². The summed E-state index contributed by atoms with van der Waals surface area (Å²) in [5.74, 6) is -0.935. The van der Waals surface area contributed by atoms with Gasteiger partial charge in [0.1, 0.15) is 18.3 Å². The van der Waals surface area contributed by atoms with E-state index in [1.54, 1.807) is 43.3 Å². The lowest BCUT2D eigenvalue weighted by molar-refractivity contribution is -0.140. The number of sulfonamides is 1. The lowest BCUT2D eigenvalue weighted by atomic mass is 10.1. The number of carbonyl (C=O) groups excluding carboxylic acids is 2. The normalized spacial score (nSPS) is 12.4. The summed E-state index contributed by atoms with van der Waals surface area (Å²) in [7, 11) is -2.93. The molecule has 1 N–H and O–H groups in total. The molecule has 226 valence electrons. The molecular weight excluding hydrogens is 621 g/mol. The van der Waals surface area contributed by atoms with Gasteiger partial charge in [0.25, 0.3) is 10.0 Å². The molecule has 0 bridgehead atoms. The molecule has 8 nitrogen and oxygen atoms in total. The summed E-state index contributed by atoms with van der Waals surface area (Å²) < 4.78 is 34.5. The fraction of sp³-hybridized carbons (Fsp3) is 0.333. The van der Waals surface area contributed by atoms with E-state index in [1.807, 2.05) is 27.7 Å². The van der Waals surface area contributed by atoms with Gasteiger partial charge in [0.2, 0.25) is 11.8 Å². The topological polar surface area (TPSA) is 96.0 Å². The van der Waals surface area contributed by atoms with Crippen LogP contribution in [0.4, 0.5) is 5.69 Å². The van der Waals surface area contributed by atoms with Crippen molar-refractivity contribution < 1.29 is 22.7 Å². The molecule has 42 heavy (non-hydrogen) atoms. The summed E-state index contributed by atoms with van der Waals surface area (Å²) in [6.07, 6.45) is 0. The molecular formula is C30H34Cl3N3O5S. The molecule has 0 radical (unpaired) electrons. The summed E-state index contributed by atoms with van der Waals surface area (Å²) in [4.78, 5) is 28.7. The van der Waals surface area contributed by atoms with Gasteiger partial charge in [0.15, 0.2) is 0 Å². The third-order valence-electron chi connectivity index (χ3n) is 6.35. The quantitative estimate of drug-likeness (QED) is 0.270. The first-order valence-electron chi connectivity index (χ1n) is 13.0. The highest BCUT2D eigenvalue weighted by atomic mass is 35.5. The van der Waals surface area contributed by atoms with Gasteiger partial charge >= 0.3 is 0 Å². The van der Waals surface area contributed by atoms with Crippen LogP contribution in [0.5, 0.6) is 5.75 Å². The van der Waals surface area contributed by atoms with Crippen molar-refractivity contribution in [3.63, 3.8) is 0 Å². The number of halogens is 3. The first-order chi connectivity index (χ1) is 19.5. The standard InChI is InChI=1S/C30H34Cl3N3O5S/c1-19-10-13-22(14-11-19)42(39,40)36(26-16-21(31)12-15-27(26)41-6)18-28(37)35(20(2)29(38)34-30(3,4)5)17-23-24(32)8-7-9-25(23)33/h7-16,20H,17-18H2,1-6H3,(H,34,38)/t20-/m0/s1. The second kappa shape index (κ2) is 13.5. The zero-order chi connectivity index (χ0) is 31.4. The number of hydrogen-bond acceptors (Lipinski definition) is 5. The first-order valence-corrected chi connectivity index (χ1v) is 15.6. The second-order valence-corrected chi connectivity index (χ2v) is 13.9. The number of carbonyl (C=O) groups is 2. The third-order valence-corrected chi connectivity index (χ3v) is 9.07. The van der Waals surface area contributed by atoms with Crippen LogP contribution < -0.4 is 14.4 Å². The molecule has 0 saturated carbocycles. The maximum atomic E-state index is 14.2. The fourth-order valence-electron chi connectivity index (χ4n) is 4.12. The minimum Gasteiger partial charge on any atom is -0.495 e. The van der Waals surface area contributed by atoms with Crippen LogP contribution in [-0.4, -0.2) is 50.4 Å². The number of hydrogen-bond donors (Lipinski definition) is 1. The van der Waals surface area contributed by atoms with Gasteiger partial charge in [0.05, 0.1) is 17.7 Å². The van der Waals surface area contributed by atoms with Crippen molar-refractivity contribution in [2.75, 3.05) is 18.0 Å². The summed E-state index contributed by atoms with van der Waals surface area (Å²) in [6, 6.07) is 14.6. The van der Waals surface area contributed by atoms with E-state index in [-0.39, 0.29) is 27.9 Å². The Labute approximate surface area is 262 Å². The molecule has 12 heteroatoms. The summed E-state index contributed by atoms with van der Waals surface area (Å²) in [5, 5.41) is 3.70. The predicted molar refractivity (Wildman–Crippen MR) is 168 cm³/mol.